The third-order valence-corrected chi connectivity index (χ3v) is 5.97. The highest BCUT2D eigenvalue weighted by Crippen LogP contribution is 2.31. The van der Waals surface area contributed by atoms with Gasteiger partial charge in [-0.15, -0.1) is 21.5 Å². The summed E-state index contributed by atoms with van der Waals surface area (Å²) < 4.78 is 40.2. The van der Waals surface area contributed by atoms with Gasteiger partial charge in [-0.25, -0.2) is 4.98 Å². The fourth-order valence-corrected chi connectivity index (χ4v) is 4.16. The number of thioether (sulfide) groups is 1. The fraction of sp³-hybridized carbons (Fsp3) is 0.158. The van der Waals surface area contributed by atoms with Gasteiger partial charge in [-0.2, -0.15) is 13.2 Å². The summed E-state index contributed by atoms with van der Waals surface area (Å²) in [6.45, 7) is 1.64. The number of nitrogens with zero attached hydrogens (tertiary/aromatic N) is 4. The summed E-state index contributed by atoms with van der Waals surface area (Å²) in [6, 6.07) is 11.7. The van der Waals surface area contributed by atoms with E-state index in [9.17, 15) is 18.0 Å². The summed E-state index contributed by atoms with van der Waals surface area (Å²) in [5, 5.41) is 12.4. The van der Waals surface area contributed by atoms with Crippen LogP contribution >= 0.6 is 23.1 Å². The number of alkyl halides is 3. The van der Waals surface area contributed by atoms with E-state index in [1.54, 1.807) is 6.92 Å². The van der Waals surface area contributed by atoms with Gasteiger partial charge in [0.05, 0.1) is 16.5 Å². The monoisotopic (exact) mass is 449 g/mol. The molecular formula is C19H14F3N5OS2. The molecule has 11 heteroatoms. The molecule has 4 aromatic rings. The average Bonchev–Trinajstić information content (AvgIpc) is 3.35. The molecule has 6 nitrogen and oxygen atoms in total. The highest BCUT2D eigenvalue weighted by atomic mass is 32.2. The Kier molecular flexibility index (Phi) is 5.48. The first-order valence-electron chi connectivity index (χ1n) is 8.72. The lowest BCUT2D eigenvalue weighted by molar-refractivity contribution is -0.137. The number of fused-ring (bicyclic) bond motifs is 1. The maximum absolute atomic E-state index is 13.0. The van der Waals surface area contributed by atoms with Crippen LogP contribution in [-0.4, -0.2) is 30.7 Å². The molecule has 0 radical (unpaired) electrons. The second kappa shape index (κ2) is 8.07. The number of hydrogen-bond donors (Lipinski definition) is 1. The second-order valence-electron chi connectivity index (χ2n) is 6.28. The van der Waals surface area contributed by atoms with Gasteiger partial charge in [-0.3, -0.25) is 9.20 Å². The Hall–Kier alpha value is -2.92. The van der Waals surface area contributed by atoms with Gasteiger partial charge in [0.1, 0.15) is 0 Å². The molecular weight excluding hydrogens is 435 g/mol. The smallest absolute Gasteiger partial charge is 0.301 e. The molecule has 1 unspecified atom stereocenters. The quantitative estimate of drug-likeness (QED) is 0.435. The Morgan fingerprint density at radius 3 is 2.67 bits per heavy atom. The molecule has 1 amide bonds. The third kappa shape index (κ3) is 4.31. The summed E-state index contributed by atoms with van der Waals surface area (Å²) >= 11 is 2.31. The lowest BCUT2D eigenvalue weighted by atomic mass is 10.2. The van der Waals surface area contributed by atoms with Gasteiger partial charge >= 0.3 is 6.18 Å². The number of pyridine rings is 1. The van der Waals surface area contributed by atoms with Crippen LogP contribution in [-0.2, 0) is 11.0 Å². The number of anilines is 1. The van der Waals surface area contributed by atoms with Crippen LogP contribution in [0.3, 0.4) is 0 Å². The first-order chi connectivity index (χ1) is 14.3. The zero-order chi connectivity index (χ0) is 21.3. The van der Waals surface area contributed by atoms with Gasteiger partial charge in [-0.05, 0) is 19.1 Å². The Balaban J connectivity index is 1.47. The van der Waals surface area contributed by atoms with Crippen LogP contribution in [0.4, 0.5) is 18.3 Å². The summed E-state index contributed by atoms with van der Waals surface area (Å²) in [6.07, 6.45) is -3.56. The minimum atomic E-state index is -4.48. The highest BCUT2D eigenvalue weighted by molar-refractivity contribution is 8.00. The van der Waals surface area contributed by atoms with Crippen molar-refractivity contribution in [3.8, 4) is 11.3 Å². The van der Waals surface area contributed by atoms with Gasteiger partial charge in [0.15, 0.2) is 15.9 Å². The zero-order valence-corrected chi connectivity index (χ0v) is 17.1. The van der Waals surface area contributed by atoms with E-state index in [-0.39, 0.29) is 16.7 Å². The van der Waals surface area contributed by atoms with Crippen molar-refractivity contribution in [1.82, 2.24) is 19.6 Å². The van der Waals surface area contributed by atoms with Crippen molar-refractivity contribution in [2.24, 2.45) is 0 Å². The van der Waals surface area contributed by atoms with Crippen molar-refractivity contribution in [2.75, 3.05) is 5.32 Å². The molecule has 1 aromatic carbocycles. The molecule has 0 spiro atoms. The topological polar surface area (TPSA) is 72.2 Å². The van der Waals surface area contributed by atoms with Crippen LogP contribution in [0, 0.1) is 0 Å². The van der Waals surface area contributed by atoms with E-state index in [0.29, 0.717) is 5.13 Å². The molecule has 1 N–H and O–H groups in total. The van der Waals surface area contributed by atoms with E-state index in [2.05, 4.69) is 20.5 Å². The van der Waals surface area contributed by atoms with Gasteiger partial charge < -0.3 is 5.32 Å². The maximum Gasteiger partial charge on any atom is 0.417 e. The first-order valence-corrected chi connectivity index (χ1v) is 10.5. The number of aromatic nitrogens is 4. The van der Waals surface area contributed by atoms with E-state index in [1.807, 2.05) is 35.7 Å². The lowest BCUT2D eigenvalue weighted by Crippen LogP contribution is -2.22. The van der Waals surface area contributed by atoms with Crippen LogP contribution in [0.1, 0.15) is 12.5 Å². The number of nitrogens with one attached hydrogen (secondary N) is 1. The number of benzene rings is 1. The zero-order valence-electron chi connectivity index (χ0n) is 15.4. The number of rotatable bonds is 5. The molecule has 0 saturated carbocycles. The molecule has 0 fully saturated rings. The molecule has 0 aliphatic rings. The lowest BCUT2D eigenvalue weighted by Gasteiger charge is -2.10. The SMILES string of the molecule is CC(Sc1nnc2ccc(C(F)(F)F)cn12)C(=O)Nc1nc(-c2ccccc2)cs1. The minimum absolute atomic E-state index is 0.197. The summed E-state index contributed by atoms with van der Waals surface area (Å²) in [5.41, 5.74) is 1.14. The van der Waals surface area contributed by atoms with Gasteiger partial charge in [-0.1, -0.05) is 42.1 Å². The number of halogens is 3. The molecule has 30 heavy (non-hydrogen) atoms. The van der Waals surface area contributed by atoms with Crippen molar-refractivity contribution in [3.63, 3.8) is 0 Å². The van der Waals surface area contributed by atoms with Crippen LogP contribution in [0.15, 0.2) is 59.2 Å². The maximum atomic E-state index is 13.0. The van der Waals surface area contributed by atoms with Gasteiger partial charge in [0.2, 0.25) is 5.91 Å². The Morgan fingerprint density at radius 2 is 1.93 bits per heavy atom. The molecule has 4 rings (SSSR count). The number of hydrogen-bond acceptors (Lipinski definition) is 6. The molecule has 1 atom stereocenters. The first kappa shape index (κ1) is 20.4. The number of carbonyl (C=O) groups excluding carboxylic acids is 1. The van der Waals surface area contributed by atoms with Crippen LogP contribution < -0.4 is 5.32 Å². The standard InChI is InChI=1S/C19H14F3N5OS2/c1-11(16(28)24-17-23-14(10-29-17)12-5-3-2-4-6-12)30-18-26-25-15-8-7-13(9-27(15)18)19(20,21)22/h2-11H,1H3,(H,23,24,28). The van der Waals surface area contributed by atoms with Crippen LogP contribution in [0.2, 0.25) is 0 Å². The molecule has 0 saturated heterocycles. The number of thiazole rings is 1. The van der Waals surface area contributed by atoms with E-state index in [4.69, 9.17) is 0 Å². The average molecular weight is 449 g/mol. The predicted octanol–water partition coefficient (Wildman–Crippen LogP) is 4.99. The van der Waals surface area contributed by atoms with Crippen molar-refractivity contribution >= 4 is 39.8 Å². The second-order valence-corrected chi connectivity index (χ2v) is 8.45. The molecule has 0 aliphatic heterocycles. The summed E-state index contributed by atoms with van der Waals surface area (Å²) in [4.78, 5) is 17.0. The van der Waals surface area contributed by atoms with E-state index >= 15 is 0 Å². The Bertz CT molecular complexity index is 1190. The van der Waals surface area contributed by atoms with Gasteiger partial charge in [0.25, 0.3) is 0 Å². The molecule has 3 aromatic heterocycles. The van der Waals surface area contributed by atoms with E-state index in [0.717, 1.165) is 35.3 Å². The minimum Gasteiger partial charge on any atom is -0.301 e. The molecule has 0 bridgehead atoms. The largest absolute Gasteiger partial charge is 0.417 e. The molecule has 154 valence electrons. The Labute approximate surface area is 177 Å². The summed E-state index contributed by atoms with van der Waals surface area (Å²) in [7, 11) is 0. The van der Waals surface area contributed by atoms with Gasteiger partial charge in [0, 0.05) is 17.1 Å². The normalized spacial score (nSPS) is 12.8. The van der Waals surface area contributed by atoms with Crippen molar-refractivity contribution in [1.29, 1.82) is 0 Å². The van der Waals surface area contributed by atoms with Crippen molar-refractivity contribution in [3.05, 3.63) is 59.6 Å². The van der Waals surface area contributed by atoms with E-state index in [1.165, 1.54) is 21.8 Å². The summed E-state index contributed by atoms with van der Waals surface area (Å²) in [5.74, 6) is -0.335. The predicted molar refractivity (Wildman–Crippen MR) is 109 cm³/mol. The number of amides is 1. The number of carbonyl (C=O) groups is 1. The highest BCUT2D eigenvalue weighted by Gasteiger charge is 2.31. The van der Waals surface area contributed by atoms with Crippen LogP contribution in [0.25, 0.3) is 16.9 Å². The Morgan fingerprint density at radius 1 is 1.17 bits per heavy atom. The fourth-order valence-electron chi connectivity index (χ4n) is 2.61. The van der Waals surface area contributed by atoms with Crippen molar-refractivity contribution in [2.45, 2.75) is 23.5 Å². The van der Waals surface area contributed by atoms with E-state index < -0.39 is 17.0 Å². The molecule has 0 aliphatic carbocycles. The van der Waals surface area contributed by atoms with Crippen LogP contribution in [0.5, 0.6) is 0 Å². The van der Waals surface area contributed by atoms with Crippen molar-refractivity contribution < 1.29 is 18.0 Å². The third-order valence-electron chi connectivity index (χ3n) is 4.15. The molecule has 3 heterocycles.